The SMILES string of the molecule is Nc1ccc(Oc2ccnc3c(F)cccc23)cc1Cl. The largest absolute Gasteiger partial charge is 0.457 e. The summed E-state index contributed by atoms with van der Waals surface area (Å²) >= 11 is 5.95. The third-order valence-corrected chi connectivity index (χ3v) is 3.21. The summed E-state index contributed by atoms with van der Waals surface area (Å²) in [6.07, 6.45) is 1.50. The molecule has 0 amide bonds. The number of ether oxygens (including phenoxy) is 1. The van der Waals surface area contributed by atoms with Crippen molar-refractivity contribution < 1.29 is 9.13 Å². The summed E-state index contributed by atoms with van der Waals surface area (Å²) < 4.78 is 19.4. The second kappa shape index (κ2) is 4.98. The highest BCUT2D eigenvalue weighted by atomic mass is 35.5. The van der Waals surface area contributed by atoms with Crippen molar-refractivity contribution in [1.29, 1.82) is 0 Å². The van der Waals surface area contributed by atoms with Gasteiger partial charge in [-0.05, 0) is 30.3 Å². The first-order valence-corrected chi connectivity index (χ1v) is 6.29. The Balaban J connectivity index is 2.06. The number of benzene rings is 2. The van der Waals surface area contributed by atoms with Crippen molar-refractivity contribution >= 4 is 28.2 Å². The summed E-state index contributed by atoms with van der Waals surface area (Å²) in [6.45, 7) is 0. The van der Waals surface area contributed by atoms with Crippen molar-refractivity contribution in [1.82, 2.24) is 4.98 Å². The maximum absolute atomic E-state index is 13.7. The van der Waals surface area contributed by atoms with Crippen LogP contribution in [0.25, 0.3) is 10.9 Å². The second-order valence-electron chi connectivity index (χ2n) is 4.23. The summed E-state index contributed by atoms with van der Waals surface area (Å²) in [5, 5.41) is 1.01. The molecule has 1 aromatic heterocycles. The molecule has 0 unspecified atom stereocenters. The molecule has 0 fully saturated rings. The number of para-hydroxylation sites is 1. The Hall–Kier alpha value is -2.33. The van der Waals surface area contributed by atoms with Gasteiger partial charge in [-0.3, -0.25) is 4.98 Å². The number of nitrogen functional groups attached to an aromatic ring is 1. The molecule has 2 aromatic carbocycles. The number of hydrogen-bond donors (Lipinski definition) is 1. The molecule has 0 spiro atoms. The fourth-order valence-electron chi connectivity index (χ4n) is 1.90. The van der Waals surface area contributed by atoms with E-state index in [1.165, 1.54) is 12.3 Å². The van der Waals surface area contributed by atoms with E-state index in [9.17, 15) is 4.39 Å². The monoisotopic (exact) mass is 288 g/mol. The molecule has 20 heavy (non-hydrogen) atoms. The summed E-state index contributed by atoms with van der Waals surface area (Å²) in [4.78, 5) is 4.01. The van der Waals surface area contributed by atoms with E-state index in [2.05, 4.69) is 4.98 Å². The van der Waals surface area contributed by atoms with Crippen LogP contribution in [0.4, 0.5) is 10.1 Å². The van der Waals surface area contributed by atoms with E-state index >= 15 is 0 Å². The molecule has 3 rings (SSSR count). The van der Waals surface area contributed by atoms with Gasteiger partial charge in [-0.1, -0.05) is 17.7 Å². The Morgan fingerprint density at radius 1 is 1.15 bits per heavy atom. The first-order valence-electron chi connectivity index (χ1n) is 5.91. The van der Waals surface area contributed by atoms with Crippen LogP contribution in [-0.2, 0) is 0 Å². The smallest absolute Gasteiger partial charge is 0.149 e. The van der Waals surface area contributed by atoms with Crippen LogP contribution in [0.3, 0.4) is 0 Å². The molecule has 100 valence electrons. The fourth-order valence-corrected chi connectivity index (χ4v) is 2.07. The lowest BCUT2D eigenvalue weighted by atomic mass is 10.2. The van der Waals surface area contributed by atoms with Crippen LogP contribution in [0, 0.1) is 5.82 Å². The normalized spacial score (nSPS) is 10.7. The van der Waals surface area contributed by atoms with E-state index < -0.39 is 0 Å². The third kappa shape index (κ3) is 2.26. The molecule has 0 bridgehead atoms. The van der Waals surface area contributed by atoms with E-state index in [0.29, 0.717) is 27.6 Å². The maximum atomic E-state index is 13.7. The zero-order valence-electron chi connectivity index (χ0n) is 10.3. The number of halogens is 2. The number of aromatic nitrogens is 1. The maximum Gasteiger partial charge on any atom is 0.149 e. The van der Waals surface area contributed by atoms with Gasteiger partial charge in [-0.15, -0.1) is 0 Å². The number of hydrogen-bond acceptors (Lipinski definition) is 3. The highest BCUT2D eigenvalue weighted by Gasteiger charge is 2.08. The van der Waals surface area contributed by atoms with Crippen LogP contribution in [0.1, 0.15) is 0 Å². The number of nitrogens with zero attached hydrogens (tertiary/aromatic N) is 1. The van der Waals surface area contributed by atoms with Crippen LogP contribution in [0.15, 0.2) is 48.7 Å². The van der Waals surface area contributed by atoms with Crippen LogP contribution < -0.4 is 10.5 Å². The number of rotatable bonds is 2. The van der Waals surface area contributed by atoms with Crippen molar-refractivity contribution in [2.75, 3.05) is 5.73 Å². The average molecular weight is 289 g/mol. The molecular formula is C15H10ClFN2O. The lowest BCUT2D eigenvalue weighted by molar-refractivity contribution is 0.487. The minimum absolute atomic E-state index is 0.270. The Morgan fingerprint density at radius 2 is 2.00 bits per heavy atom. The minimum atomic E-state index is -0.386. The highest BCUT2D eigenvalue weighted by Crippen LogP contribution is 2.32. The predicted molar refractivity (Wildman–Crippen MR) is 77.6 cm³/mol. The van der Waals surface area contributed by atoms with Gasteiger partial charge in [0.1, 0.15) is 22.8 Å². The van der Waals surface area contributed by atoms with Gasteiger partial charge < -0.3 is 10.5 Å². The molecule has 0 saturated carbocycles. The van der Waals surface area contributed by atoms with Crippen LogP contribution in [0.5, 0.6) is 11.5 Å². The van der Waals surface area contributed by atoms with Gasteiger partial charge in [-0.2, -0.15) is 0 Å². The molecule has 3 aromatic rings. The van der Waals surface area contributed by atoms with Crippen LogP contribution in [0.2, 0.25) is 5.02 Å². The van der Waals surface area contributed by atoms with E-state index in [-0.39, 0.29) is 11.3 Å². The number of anilines is 1. The second-order valence-corrected chi connectivity index (χ2v) is 4.64. The molecule has 0 atom stereocenters. The Labute approximate surface area is 119 Å². The Kier molecular flexibility index (Phi) is 3.16. The van der Waals surface area contributed by atoms with Crippen molar-refractivity contribution in [2.45, 2.75) is 0 Å². The van der Waals surface area contributed by atoms with Crippen LogP contribution in [-0.4, -0.2) is 4.98 Å². The van der Waals surface area contributed by atoms with Gasteiger partial charge >= 0.3 is 0 Å². The summed E-state index contributed by atoms with van der Waals surface area (Å²) in [6, 6.07) is 11.4. The van der Waals surface area contributed by atoms with E-state index in [0.717, 1.165) is 0 Å². The molecule has 0 radical (unpaired) electrons. The number of pyridine rings is 1. The van der Waals surface area contributed by atoms with Gasteiger partial charge in [-0.25, -0.2) is 4.39 Å². The quantitative estimate of drug-likeness (QED) is 0.711. The first kappa shape index (κ1) is 12.7. The van der Waals surface area contributed by atoms with Gasteiger partial charge in [0.25, 0.3) is 0 Å². The first-order chi connectivity index (χ1) is 9.65. The van der Waals surface area contributed by atoms with E-state index in [1.807, 2.05) is 0 Å². The summed E-state index contributed by atoms with van der Waals surface area (Å²) in [5.41, 5.74) is 6.39. The van der Waals surface area contributed by atoms with Crippen molar-refractivity contribution in [3.8, 4) is 11.5 Å². The van der Waals surface area contributed by atoms with Gasteiger partial charge in [0.05, 0.1) is 10.7 Å². The predicted octanol–water partition coefficient (Wildman–Crippen LogP) is 4.40. The topological polar surface area (TPSA) is 48.1 Å². The fraction of sp³-hybridized carbons (Fsp3) is 0. The standard InChI is InChI=1S/C15H10ClFN2O/c16-11-8-9(4-5-13(11)18)20-14-6-7-19-15-10(14)2-1-3-12(15)17/h1-8H,18H2. The number of nitrogens with two attached hydrogens (primary N) is 1. The lowest BCUT2D eigenvalue weighted by Gasteiger charge is -2.09. The van der Waals surface area contributed by atoms with Gasteiger partial charge in [0, 0.05) is 17.6 Å². The highest BCUT2D eigenvalue weighted by molar-refractivity contribution is 6.33. The average Bonchev–Trinajstić information content (AvgIpc) is 2.44. The molecule has 5 heteroatoms. The summed E-state index contributed by atoms with van der Waals surface area (Å²) in [5.74, 6) is 0.652. The Bertz CT molecular complexity index is 792. The molecule has 1 heterocycles. The zero-order chi connectivity index (χ0) is 14.1. The molecule has 0 aliphatic rings. The molecule has 3 nitrogen and oxygen atoms in total. The van der Waals surface area contributed by atoms with E-state index in [4.69, 9.17) is 22.1 Å². The summed E-state index contributed by atoms with van der Waals surface area (Å²) in [7, 11) is 0. The third-order valence-electron chi connectivity index (χ3n) is 2.88. The van der Waals surface area contributed by atoms with Gasteiger partial charge in [0.2, 0.25) is 0 Å². The lowest BCUT2D eigenvalue weighted by Crippen LogP contribution is -1.91. The van der Waals surface area contributed by atoms with E-state index in [1.54, 1.807) is 36.4 Å². The van der Waals surface area contributed by atoms with Crippen molar-refractivity contribution in [3.05, 3.63) is 59.5 Å². The molecule has 0 aliphatic carbocycles. The molecule has 2 N–H and O–H groups in total. The van der Waals surface area contributed by atoms with Crippen molar-refractivity contribution in [3.63, 3.8) is 0 Å². The minimum Gasteiger partial charge on any atom is -0.457 e. The molecular weight excluding hydrogens is 279 g/mol. The van der Waals surface area contributed by atoms with Gasteiger partial charge in [0.15, 0.2) is 0 Å². The Morgan fingerprint density at radius 3 is 2.80 bits per heavy atom. The number of fused-ring (bicyclic) bond motifs is 1. The molecule has 0 aliphatic heterocycles. The van der Waals surface area contributed by atoms with Crippen LogP contribution >= 0.6 is 11.6 Å². The zero-order valence-corrected chi connectivity index (χ0v) is 11.1. The molecule has 0 saturated heterocycles. The van der Waals surface area contributed by atoms with Crippen molar-refractivity contribution in [2.24, 2.45) is 0 Å².